The zero-order valence-electron chi connectivity index (χ0n) is 14.9. The third-order valence-electron chi connectivity index (χ3n) is 4.75. The maximum atomic E-state index is 14.7. The van der Waals surface area contributed by atoms with Gasteiger partial charge in [0.1, 0.15) is 12.1 Å². The first-order valence-electron chi connectivity index (χ1n) is 8.66. The molecule has 1 N–H and O–H groups in total. The quantitative estimate of drug-likeness (QED) is 0.484. The highest BCUT2D eigenvalue weighted by Gasteiger charge is 2.14. The summed E-state index contributed by atoms with van der Waals surface area (Å²) in [4.78, 5) is 4.44. The number of benzene rings is 3. The van der Waals surface area contributed by atoms with E-state index in [0.29, 0.717) is 21.7 Å². The molecule has 0 aliphatic rings. The Morgan fingerprint density at radius 1 is 1.11 bits per heavy atom. The molecule has 0 radical (unpaired) electrons. The van der Waals surface area contributed by atoms with Crippen molar-refractivity contribution in [2.45, 2.75) is 20.0 Å². The van der Waals surface area contributed by atoms with Crippen molar-refractivity contribution in [1.29, 1.82) is 0 Å². The van der Waals surface area contributed by atoms with Gasteiger partial charge in [-0.05, 0) is 60.9 Å². The van der Waals surface area contributed by atoms with Gasteiger partial charge in [-0.15, -0.1) is 0 Å². The second-order valence-electron chi connectivity index (χ2n) is 6.64. The number of hydrogen-bond acceptors (Lipinski definition) is 2. The van der Waals surface area contributed by atoms with Gasteiger partial charge in [0.15, 0.2) is 0 Å². The number of halogens is 2. The monoisotopic (exact) mass is 380 g/mol. The summed E-state index contributed by atoms with van der Waals surface area (Å²) in [6.45, 7) is 3.45. The average Bonchev–Trinajstić information content (AvgIpc) is 3.08. The molecule has 4 aromatic rings. The minimum atomic E-state index is -0.547. The van der Waals surface area contributed by atoms with E-state index in [1.54, 1.807) is 32.3 Å². The van der Waals surface area contributed by atoms with E-state index < -0.39 is 6.10 Å². The molecule has 1 atom stereocenters. The fourth-order valence-corrected chi connectivity index (χ4v) is 3.48. The number of hydrogen-bond donors (Lipinski definition) is 1. The van der Waals surface area contributed by atoms with Gasteiger partial charge in [-0.2, -0.15) is 0 Å². The van der Waals surface area contributed by atoms with Crippen LogP contribution in [0.15, 0.2) is 60.9 Å². The molecule has 4 rings (SSSR count). The second kappa shape index (κ2) is 6.80. The van der Waals surface area contributed by atoms with Crippen LogP contribution in [-0.4, -0.2) is 14.7 Å². The minimum Gasteiger partial charge on any atom is -0.389 e. The number of aliphatic hydroxyl groups is 1. The summed E-state index contributed by atoms with van der Waals surface area (Å²) in [5.74, 6) is -0.309. The first kappa shape index (κ1) is 17.7. The van der Waals surface area contributed by atoms with Crippen LogP contribution in [0.3, 0.4) is 0 Å². The lowest BCUT2D eigenvalue weighted by molar-refractivity contribution is 0.199. The summed E-state index contributed by atoms with van der Waals surface area (Å²) < 4.78 is 16.6. The van der Waals surface area contributed by atoms with Gasteiger partial charge in [-0.25, -0.2) is 9.37 Å². The van der Waals surface area contributed by atoms with Crippen LogP contribution in [0.25, 0.3) is 27.8 Å². The normalized spacial score (nSPS) is 12.5. The van der Waals surface area contributed by atoms with E-state index in [0.717, 1.165) is 22.3 Å². The average molecular weight is 381 g/mol. The van der Waals surface area contributed by atoms with E-state index in [2.05, 4.69) is 4.98 Å². The number of nitrogens with zero attached hydrogens (tertiary/aromatic N) is 2. The summed E-state index contributed by atoms with van der Waals surface area (Å²) in [7, 11) is 0. The lowest BCUT2D eigenvalue weighted by Gasteiger charge is -2.11. The molecule has 0 saturated heterocycles. The van der Waals surface area contributed by atoms with E-state index in [4.69, 9.17) is 11.6 Å². The van der Waals surface area contributed by atoms with Gasteiger partial charge in [0.25, 0.3) is 0 Å². The molecule has 136 valence electrons. The minimum absolute atomic E-state index is 0.309. The fourth-order valence-electron chi connectivity index (χ4n) is 3.23. The Labute approximate surface area is 161 Å². The lowest BCUT2D eigenvalue weighted by atomic mass is 10.0. The summed E-state index contributed by atoms with van der Waals surface area (Å²) in [5, 5.41) is 10.1. The molecular formula is C22H18ClFN2O. The molecule has 3 aromatic carbocycles. The van der Waals surface area contributed by atoms with Crippen molar-refractivity contribution >= 4 is 22.6 Å². The molecule has 0 bridgehead atoms. The largest absolute Gasteiger partial charge is 0.389 e. The Morgan fingerprint density at radius 2 is 1.93 bits per heavy atom. The zero-order chi connectivity index (χ0) is 19.1. The van der Waals surface area contributed by atoms with E-state index in [9.17, 15) is 9.50 Å². The van der Waals surface area contributed by atoms with Crippen molar-refractivity contribution in [2.24, 2.45) is 0 Å². The molecule has 0 saturated carbocycles. The van der Waals surface area contributed by atoms with E-state index >= 15 is 0 Å². The first-order valence-corrected chi connectivity index (χ1v) is 9.04. The SMILES string of the molecule is Cc1ccc(Cl)c(-c2cccc(-n3cnc4cc([C@@H](C)O)ccc43)c2)c1F. The maximum absolute atomic E-state index is 14.7. The summed E-state index contributed by atoms with van der Waals surface area (Å²) in [6, 6.07) is 16.6. The van der Waals surface area contributed by atoms with Crippen molar-refractivity contribution in [3.05, 3.63) is 82.9 Å². The second-order valence-corrected chi connectivity index (χ2v) is 7.05. The molecule has 5 heteroatoms. The highest BCUT2D eigenvalue weighted by Crippen LogP contribution is 2.33. The number of aryl methyl sites for hydroxylation is 1. The Morgan fingerprint density at radius 3 is 2.70 bits per heavy atom. The molecule has 0 aliphatic heterocycles. The van der Waals surface area contributed by atoms with Crippen LogP contribution >= 0.6 is 11.6 Å². The van der Waals surface area contributed by atoms with Gasteiger partial charge >= 0.3 is 0 Å². The van der Waals surface area contributed by atoms with Crippen LogP contribution in [0.1, 0.15) is 24.2 Å². The predicted molar refractivity (Wildman–Crippen MR) is 107 cm³/mol. The van der Waals surface area contributed by atoms with Crippen LogP contribution in [0.2, 0.25) is 5.02 Å². The number of imidazole rings is 1. The predicted octanol–water partition coefficient (Wildman–Crippen LogP) is 5.85. The highest BCUT2D eigenvalue weighted by atomic mass is 35.5. The molecule has 0 aliphatic carbocycles. The van der Waals surface area contributed by atoms with Gasteiger partial charge in [0.2, 0.25) is 0 Å². The lowest BCUT2D eigenvalue weighted by Crippen LogP contribution is -1.95. The molecule has 0 amide bonds. The van der Waals surface area contributed by atoms with Crippen LogP contribution in [0.4, 0.5) is 4.39 Å². The number of aliphatic hydroxyl groups excluding tert-OH is 1. The molecule has 0 fully saturated rings. The van der Waals surface area contributed by atoms with Crippen LogP contribution < -0.4 is 0 Å². The molecular weight excluding hydrogens is 363 g/mol. The van der Waals surface area contributed by atoms with Crippen molar-refractivity contribution in [3.8, 4) is 16.8 Å². The standard InChI is InChI=1S/C22H18ClFN2O/c1-13-6-8-18(23)21(22(13)24)16-4-3-5-17(10-16)26-12-25-19-11-15(14(2)27)7-9-20(19)26/h3-12,14,27H,1-2H3/t14-/m1/s1. The molecule has 1 aromatic heterocycles. The van der Waals surface area contributed by atoms with E-state index in [-0.39, 0.29) is 5.82 Å². The third kappa shape index (κ3) is 3.11. The Bertz CT molecular complexity index is 1150. The molecule has 27 heavy (non-hydrogen) atoms. The van der Waals surface area contributed by atoms with Crippen molar-refractivity contribution < 1.29 is 9.50 Å². The van der Waals surface area contributed by atoms with E-state index in [1.807, 2.05) is 47.0 Å². The summed E-state index contributed by atoms with van der Waals surface area (Å²) >= 11 is 6.27. The van der Waals surface area contributed by atoms with Crippen molar-refractivity contribution in [3.63, 3.8) is 0 Å². The summed E-state index contributed by atoms with van der Waals surface area (Å²) in [6.07, 6.45) is 1.18. The van der Waals surface area contributed by atoms with Gasteiger partial charge < -0.3 is 5.11 Å². The maximum Gasteiger partial charge on any atom is 0.135 e. The molecule has 0 spiro atoms. The fraction of sp³-hybridized carbons (Fsp3) is 0.136. The molecule has 1 heterocycles. The van der Waals surface area contributed by atoms with Crippen molar-refractivity contribution in [2.75, 3.05) is 0 Å². The number of fused-ring (bicyclic) bond motifs is 1. The Hall–Kier alpha value is -2.69. The van der Waals surface area contributed by atoms with Crippen LogP contribution in [0.5, 0.6) is 0 Å². The van der Waals surface area contributed by atoms with E-state index in [1.165, 1.54) is 0 Å². The third-order valence-corrected chi connectivity index (χ3v) is 5.07. The molecule has 0 unspecified atom stereocenters. The van der Waals surface area contributed by atoms with Crippen LogP contribution in [-0.2, 0) is 0 Å². The van der Waals surface area contributed by atoms with Crippen molar-refractivity contribution in [1.82, 2.24) is 9.55 Å². The number of rotatable bonds is 3. The smallest absolute Gasteiger partial charge is 0.135 e. The Kier molecular flexibility index (Phi) is 4.46. The summed E-state index contributed by atoms with van der Waals surface area (Å²) in [5.41, 5.74) is 5.04. The van der Waals surface area contributed by atoms with Crippen LogP contribution in [0, 0.1) is 12.7 Å². The zero-order valence-corrected chi connectivity index (χ0v) is 15.7. The first-order chi connectivity index (χ1) is 13.0. The molecule has 3 nitrogen and oxygen atoms in total. The van der Waals surface area contributed by atoms with Gasteiger partial charge in [0.05, 0.1) is 22.2 Å². The van der Waals surface area contributed by atoms with Gasteiger partial charge in [-0.3, -0.25) is 4.57 Å². The topological polar surface area (TPSA) is 38.0 Å². The highest BCUT2D eigenvalue weighted by molar-refractivity contribution is 6.33. The van der Waals surface area contributed by atoms with Gasteiger partial charge in [0, 0.05) is 11.3 Å². The van der Waals surface area contributed by atoms with Gasteiger partial charge in [-0.1, -0.05) is 35.9 Å². The number of aromatic nitrogens is 2. The Balaban J connectivity index is 1.85.